The maximum atomic E-state index is 11.9. The van der Waals surface area contributed by atoms with Gasteiger partial charge in [0.15, 0.2) is 0 Å². The zero-order valence-corrected chi connectivity index (χ0v) is 12.4. The van der Waals surface area contributed by atoms with Crippen LogP contribution in [0.15, 0.2) is 35.4 Å². The number of aromatic nitrogens is 2. The van der Waals surface area contributed by atoms with Crippen molar-refractivity contribution in [3.63, 3.8) is 0 Å². The first-order chi connectivity index (χ1) is 9.56. The Morgan fingerprint density at radius 3 is 2.65 bits per heavy atom. The van der Waals surface area contributed by atoms with Crippen molar-refractivity contribution in [2.75, 3.05) is 14.2 Å². The SMILES string of the molecule is CNC(C)c1ccc(OC)c(Cn2ccn(C)c2=O)c1. The van der Waals surface area contributed by atoms with E-state index in [1.54, 1.807) is 35.7 Å². The first-order valence-electron chi connectivity index (χ1n) is 6.62. The molecule has 1 unspecified atom stereocenters. The van der Waals surface area contributed by atoms with Gasteiger partial charge in [0.2, 0.25) is 0 Å². The highest BCUT2D eigenvalue weighted by atomic mass is 16.5. The van der Waals surface area contributed by atoms with Gasteiger partial charge in [0.1, 0.15) is 5.75 Å². The molecule has 0 aliphatic heterocycles. The lowest BCUT2D eigenvalue weighted by molar-refractivity contribution is 0.407. The van der Waals surface area contributed by atoms with Gasteiger partial charge in [0, 0.05) is 31.0 Å². The molecule has 0 spiro atoms. The molecule has 2 aromatic rings. The minimum absolute atomic E-state index is 0.0286. The van der Waals surface area contributed by atoms with Crippen molar-refractivity contribution in [3.8, 4) is 5.75 Å². The number of methoxy groups -OCH3 is 1. The zero-order chi connectivity index (χ0) is 14.7. The van der Waals surface area contributed by atoms with Gasteiger partial charge in [0.25, 0.3) is 0 Å². The number of nitrogens with one attached hydrogen (secondary N) is 1. The van der Waals surface area contributed by atoms with E-state index in [1.165, 1.54) is 5.56 Å². The van der Waals surface area contributed by atoms with E-state index in [4.69, 9.17) is 4.74 Å². The summed E-state index contributed by atoms with van der Waals surface area (Å²) in [5.41, 5.74) is 2.15. The molecule has 0 amide bonds. The molecule has 1 heterocycles. The topological polar surface area (TPSA) is 48.2 Å². The van der Waals surface area contributed by atoms with Gasteiger partial charge in [-0.2, -0.15) is 0 Å². The number of rotatable bonds is 5. The highest BCUT2D eigenvalue weighted by Gasteiger charge is 2.10. The van der Waals surface area contributed by atoms with Crippen LogP contribution in [0, 0.1) is 0 Å². The molecule has 1 N–H and O–H groups in total. The van der Waals surface area contributed by atoms with E-state index in [0.29, 0.717) is 6.54 Å². The number of hydrogen-bond acceptors (Lipinski definition) is 3. The summed E-state index contributed by atoms with van der Waals surface area (Å²) in [6.45, 7) is 2.60. The summed E-state index contributed by atoms with van der Waals surface area (Å²) in [5, 5.41) is 3.21. The summed E-state index contributed by atoms with van der Waals surface area (Å²) in [4.78, 5) is 11.9. The molecule has 0 fully saturated rings. The van der Waals surface area contributed by atoms with Crippen LogP contribution in [0.1, 0.15) is 24.1 Å². The highest BCUT2D eigenvalue weighted by Crippen LogP contribution is 2.23. The van der Waals surface area contributed by atoms with Gasteiger partial charge in [-0.3, -0.25) is 4.57 Å². The molecule has 0 saturated carbocycles. The number of hydrogen-bond donors (Lipinski definition) is 1. The quantitative estimate of drug-likeness (QED) is 0.900. The van der Waals surface area contributed by atoms with Crippen LogP contribution in [-0.4, -0.2) is 23.3 Å². The molecule has 5 nitrogen and oxygen atoms in total. The van der Waals surface area contributed by atoms with Crippen molar-refractivity contribution in [2.45, 2.75) is 19.5 Å². The zero-order valence-electron chi connectivity index (χ0n) is 12.4. The Labute approximate surface area is 118 Å². The maximum absolute atomic E-state index is 11.9. The largest absolute Gasteiger partial charge is 0.496 e. The van der Waals surface area contributed by atoms with Crippen LogP contribution in [-0.2, 0) is 13.6 Å². The predicted molar refractivity (Wildman–Crippen MR) is 79.2 cm³/mol. The number of ether oxygens (including phenoxy) is 1. The van der Waals surface area contributed by atoms with E-state index in [9.17, 15) is 4.79 Å². The van der Waals surface area contributed by atoms with Gasteiger partial charge in [-0.25, -0.2) is 4.79 Å². The van der Waals surface area contributed by atoms with Gasteiger partial charge in [-0.1, -0.05) is 6.07 Å². The van der Waals surface area contributed by atoms with Crippen LogP contribution < -0.4 is 15.7 Å². The molecule has 1 atom stereocenters. The molecular weight excluding hydrogens is 254 g/mol. The minimum atomic E-state index is -0.0286. The average molecular weight is 275 g/mol. The third-order valence-corrected chi connectivity index (χ3v) is 3.60. The van der Waals surface area contributed by atoms with Gasteiger partial charge in [-0.05, 0) is 31.7 Å². The second-order valence-corrected chi connectivity index (χ2v) is 4.90. The molecule has 5 heteroatoms. The lowest BCUT2D eigenvalue weighted by Gasteiger charge is -2.15. The van der Waals surface area contributed by atoms with Gasteiger partial charge >= 0.3 is 5.69 Å². The molecule has 1 aromatic carbocycles. The standard InChI is InChI=1S/C15H21N3O2/c1-11(16-2)12-5-6-14(20-4)13(9-12)10-18-8-7-17(3)15(18)19/h5-9,11,16H,10H2,1-4H3. The first kappa shape index (κ1) is 14.4. The smallest absolute Gasteiger partial charge is 0.328 e. The number of imidazole rings is 1. The second-order valence-electron chi connectivity index (χ2n) is 4.90. The summed E-state index contributed by atoms with van der Waals surface area (Å²) in [6, 6.07) is 6.33. The molecular formula is C15H21N3O2. The third kappa shape index (κ3) is 2.77. The monoisotopic (exact) mass is 275 g/mol. The lowest BCUT2D eigenvalue weighted by Crippen LogP contribution is -2.22. The average Bonchev–Trinajstić information content (AvgIpc) is 2.78. The van der Waals surface area contributed by atoms with E-state index < -0.39 is 0 Å². The molecule has 0 aliphatic carbocycles. The lowest BCUT2D eigenvalue weighted by atomic mass is 10.0. The Kier molecular flexibility index (Phi) is 4.29. The molecule has 20 heavy (non-hydrogen) atoms. The summed E-state index contributed by atoms with van der Waals surface area (Å²) in [7, 11) is 5.32. The number of aryl methyl sites for hydroxylation is 1. The Balaban J connectivity index is 2.38. The van der Waals surface area contributed by atoms with Gasteiger partial charge in [-0.15, -0.1) is 0 Å². The molecule has 0 saturated heterocycles. The number of benzene rings is 1. The molecule has 0 aliphatic rings. The minimum Gasteiger partial charge on any atom is -0.496 e. The molecule has 108 valence electrons. The van der Waals surface area contributed by atoms with Crippen molar-refractivity contribution in [1.29, 1.82) is 0 Å². The normalized spacial score (nSPS) is 12.4. The fraction of sp³-hybridized carbons (Fsp3) is 0.400. The van der Waals surface area contributed by atoms with Crippen molar-refractivity contribution >= 4 is 0 Å². The maximum Gasteiger partial charge on any atom is 0.328 e. The molecule has 2 rings (SSSR count). The van der Waals surface area contributed by atoms with Crippen LogP contribution >= 0.6 is 0 Å². The summed E-state index contributed by atoms with van der Waals surface area (Å²) >= 11 is 0. The van der Waals surface area contributed by atoms with Crippen LogP contribution in [0.3, 0.4) is 0 Å². The van der Waals surface area contributed by atoms with E-state index >= 15 is 0 Å². The van der Waals surface area contributed by atoms with E-state index in [-0.39, 0.29) is 11.7 Å². The van der Waals surface area contributed by atoms with Crippen LogP contribution in [0.4, 0.5) is 0 Å². The summed E-state index contributed by atoms with van der Waals surface area (Å²) in [5.74, 6) is 0.799. The predicted octanol–water partition coefficient (Wildman–Crippen LogP) is 1.52. The van der Waals surface area contributed by atoms with E-state index in [1.807, 2.05) is 19.2 Å². The Morgan fingerprint density at radius 1 is 1.35 bits per heavy atom. The van der Waals surface area contributed by atoms with Gasteiger partial charge < -0.3 is 14.6 Å². The fourth-order valence-corrected chi connectivity index (χ4v) is 2.17. The highest BCUT2D eigenvalue weighted by molar-refractivity contribution is 5.38. The first-order valence-corrected chi connectivity index (χ1v) is 6.62. The summed E-state index contributed by atoms with van der Waals surface area (Å²) in [6.07, 6.45) is 3.55. The molecule has 0 bridgehead atoms. The van der Waals surface area contributed by atoms with Crippen molar-refractivity contribution in [2.24, 2.45) is 7.05 Å². The van der Waals surface area contributed by atoms with Crippen LogP contribution in [0.2, 0.25) is 0 Å². The summed E-state index contributed by atoms with van der Waals surface area (Å²) < 4.78 is 8.62. The van der Waals surface area contributed by atoms with Crippen LogP contribution in [0.5, 0.6) is 5.75 Å². The van der Waals surface area contributed by atoms with E-state index in [2.05, 4.69) is 18.3 Å². The Morgan fingerprint density at radius 2 is 2.10 bits per heavy atom. The van der Waals surface area contributed by atoms with Crippen LogP contribution in [0.25, 0.3) is 0 Å². The van der Waals surface area contributed by atoms with Gasteiger partial charge in [0.05, 0.1) is 13.7 Å². The second kappa shape index (κ2) is 5.96. The van der Waals surface area contributed by atoms with E-state index in [0.717, 1.165) is 11.3 Å². The van der Waals surface area contributed by atoms with Crippen molar-refractivity contribution < 1.29 is 4.74 Å². The molecule has 0 radical (unpaired) electrons. The third-order valence-electron chi connectivity index (χ3n) is 3.60. The Bertz CT molecular complexity index is 643. The van der Waals surface area contributed by atoms with Crippen molar-refractivity contribution in [1.82, 2.24) is 14.5 Å². The Hall–Kier alpha value is -2.01. The van der Waals surface area contributed by atoms with Crippen molar-refractivity contribution in [3.05, 3.63) is 52.2 Å². The number of nitrogens with zero attached hydrogens (tertiary/aromatic N) is 2. The fourth-order valence-electron chi connectivity index (χ4n) is 2.17. The molecule has 1 aromatic heterocycles.